The van der Waals surface area contributed by atoms with Crippen molar-refractivity contribution in [3.63, 3.8) is 0 Å². The molecule has 0 N–H and O–H groups in total. The molecule has 0 saturated heterocycles. The van der Waals surface area contributed by atoms with E-state index in [9.17, 15) is 13.2 Å². The van der Waals surface area contributed by atoms with Crippen LogP contribution in [-0.4, -0.2) is 6.61 Å². The number of hydrogen-bond acceptors (Lipinski definition) is 2. The summed E-state index contributed by atoms with van der Waals surface area (Å²) >= 11 is 1.39. The fraction of sp³-hybridized carbons (Fsp3) is 0.467. The van der Waals surface area contributed by atoms with Gasteiger partial charge in [0.1, 0.15) is 0 Å². The maximum atomic E-state index is 12.7. The van der Waals surface area contributed by atoms with Gasteiger partial charge in [-0.3, -0.25) is 0 Å². The smallest absolute Gasteiger partial charge is 0.373 e. The maximum Gasteiger partial charge on any atom is 0.416 e. The van der Waals surface area contributed by atoms with Gasteiger partial charge in [0.25, 0.3) is 0 Å². The van der Waals surface area contributed by atoms with Crippen molar-refractivity contribution in [3.05, 3.63) is 34.2 Å². The van der Waals surface area contributed by atoms with Crippen molar-refractivity contribution in [2.24, 2.45) is 0 Å². The Balaban J connectivity index is 2.42. The van der Waals surface area contributed by atoms with E-state index in [1.165, 1.54) is 17.4 Å². The lowest BCUT2D eigenvalue weighted by molar-refractivity contribution is -0.137. The molecule has 0 radical (unpaired) electrons. The van der Waals surface area contributed by atoms with E-state index >= 15 is 0 Å². The van der Waals surface area contributed by atoms with Gasteiger partial charge in [-0.15, -0.1) is 11.3 Å². The lowest BCUT2D eigenvalue weighted by Crippen LogP contribution is -2.03. The van der Waals surface area contributed by atoms with Crippen LogP contribution in [0.5, 0.6) is 0 Å². The highest BCUT2D eigenvalue weighted by atomic mass is 32.1. The highest BCUT2D eigenvalue weighted by Gasteiger charge is 2.31. The average molecular weight is 302 g/mol. The molecule has 0 saturated carbocycles. The molecule has 2 rings (SSSR count). The SMILES string of the molecule is CCCOC(C)c1sc2cc(C(F)(F)F)ccc2c1C. The van der Waals surface area contributed by atoms with Gasteiger partial charge in [0.05, 0.1) is 11.7 Å². The predicted octanol–water partition coefficient (Wildman–Crippen LogP) is 5.72. The Morgan fingerprint density at radius 3 is 2.60 bits per heavy atom. The normalized spacial score (nSPS) is 13.9. The lowest BCUT2D eigenvalue weighted by Gasteiger charge is -2.11. The van der Waals surface area contributed by atoms with Crippen molar-refractivity contribution in [2.45, 2.75) is 39.5 Å². The van der Waals surface area contributed by atoms with Crippen LogP contribution < -0.4 is 0 Å². The van der Waals surface area contributed by atoms with E-state index in [0.29, 0.717) is 11.3 Å². The van der Waals surface area contributed by atoms with Gasteiger partial charge in [-0.2, -0.15) is 13.2 Å². The summed E-state index contributed by atoms with van der Waals surface area (Å²) in [4.78, 5) is 1.01. The molecule has 1 aromatic heterocycles. The van der Waals surface area contributed by atoms with E-state index in [-0.39, 0.29) is 6.10 Å². The second kappa shape index (κ2) is 5.74. The van der Waals surface area contributed by atoms with Crippen molar-refractivity contribution >= 4 is 21.4 Å². The second-order valence-electron chi connectivity index (χ2n) is 4.81. The molecule has 0 bridgehead atoms. The molecule has 0 aliphatic heterocycles. The fourth-order valence-electron chi connectivity index (χ4n) is 2.18. The summed E-state index contributed by atoms with van der Waals surface area (Å²) < 4.78 is 44.5. The summed E-state index contributed by atoms with van der Waals surface area (Å²) in [6, 6.07) is 3.92. The van der Waals surface area contributed by atoms with E-state index < -0.39 is 11.7 Å². The molecule has 2 aromatic rings. The summed E-state index contributed by atoms with van der Waals surface area (Å²) in [5, 5.41) is 0.880. The molecule has 0 spiro atoms. The minimum Gasteiger partial charge on any atom is -0.373 e. The zero-order valence-electron chi connectivity index (χ0n) is 11.7. The fourth-order valence-corrected chi connectivity index (χ4v) is 3.43. The first kappa shape index (κ1) is 15.3. The van der Waals surface area contributed by atoms with Crippen LogP contribution in [0.25, 0.3) is 10.1 Å². The zero-order chi connectivity index (χ0) is 14.9. The number of rotatable bonds is 4. The third-order valence-corrected chi connectivity index (χ3v) is 4.66. The summed E-state index contributed by atoms with van der Waals surface area (Å²) in [5.74, 6) is 0. The molecule has 1 nitrogen and oxygen atoms in total. The average Bonchev–Trinajstić information content (AvgIpc) is 2.72. The maximum absolute atomic E-state index is 12.7. The van der Waals surface area contributed by atoms with Crippen molar-refractivity contribution in [2.75, 3.05) is 6.61 Å². The number of alkyl halides is 3. The van der Waals surface area contributed by atoms with Gasteiger partial charge in [-0.25, -0.2) is 0 Å². The van der Waals surface area contributed by atoms with Gasteiger partial charge in [-0.1, -0.05) is 13.0 Å². The Morgan fingerprint density at radius 1 is 1.30 bits per heavy atom. The Bertz CT molecular complexity index is 601. The predicted molar refractivity (Wildman–Crippen MR) is 76.2 cm³/mol. The Morgan fingerprint density at radius 2 is 2.00 bits per heavy atom. The number of halogens is 3. The summed E-state index contributed by atoms with van der Waals surface area (Å²) in [6.45, 7) is 6.56. The van der Waals surface area contributed by atoms with Crippen LogP contribution in [0.15, 0.2) is 18.2 Å². The molecular formula is C15H17F3OS. The molecule has 0 aliphatic carbocycles. The van der Waals surface area contributed by atoms with Gasteiger partial charge >= 0.3 is 6.18 Å². The van der Waals surface area contributed by atoms with Crippen LogP contribution in [0.3, 0.4) is 0 Å². The molecule has 1 aromatic carbocycles. The van der Waals surface area contributed by atoms with Gasteiger partial charge in [0.2, 0.25) is 0 Å². The highest BCUT2D eigenvalue weighted by molar-refractivity contribution is 7.19. The number of hydrogen-bond donors (Lipinski definition) is 0. The highest BCUT2D eigenvalue weighted by Crippen LogP contribution is 2.39. The Hall–Kier alpha value is -1.07. The molecule has 1 atom stereocenters. The van der Waals surface area contributed by atoms with Crippen molar-refractivity contribution in [3.8, 4) is 0 Å². The number of ether oxygens (including phenoxy) is 1. The van der Waals surface area contributed by atoms with Gasteiger partial charge < -0.3 is 4.74 Å². The molecule has 20 heavy (non-hydrogen) atoms. The molecule has 0 aliphatic rings. The largest absolute Gasteiger partial charge is 0.416 e. The monoisotopic (exact) mass is 302 g/mol. The van der Waals surface area contributed by atoms with E-state index in [4.69, 9.17) is 4.74 Å². The molecule has 0 amide bonds. The summed E-state index contributed by atoms with van der Waals surface area (Å²) in [6.07, 6.45) is -3.45. The second-order valence-corrected chi connectivity index (χ2v) is 5.90. The van der Waals surface area contributed by atoms with Crippen molar-refractivity contribution in [1.29, 1.82) is 0 Å². The minimum absolute atomic E-state index is 0.0818. The van der Waals surface area contributed by atoms with Crippen LogP contribution in [0.4, 0.5) is 13.2 Å². The van der Waals surface area contributed by atoms with E-state index in [2.05, 4.69) is 0 Å². The number of benzene rings is 1. The van der Waals surface area contributed by atoms with Crippen LogP contribution in [0.2, 0.25) is 0 Å². The molecule has 110 valence electrons. The van der Waals surface area contributed by atoms with Crippen LogP contribution in [0.1, 0.15) is 42.4 Å². The van der Waals surface area contributed by atoms with Crippen LogP contribution in [-0.2, 0) is 10.9 Å². The van der Waals surface area contributed by atoms with Crippen molar-refractivity contribution < 1.29 is 17.9 Å². The number of fused-ring (bicyclic) bond motifs is 1. The standard InChI is InChI=1S/C15H17F3OS/c1-4-7-19-10(3)14-9(2)12-6-5-11(15(16,17)18)8-13(12)20-14/h5-6,8,10H,4,7H2,1-3H3. The third kappa shape index (κ3) is 2.99. The zero-order valence-corrected chi connectivity index (χ0v) is 12.5. The van der Waals surface area contributed by atoms with E-state index in [1.807, 2.05) is 20.8 Å². The molecule has 1 unspecified atom stereocenters. The first-order valence-electron chi connectivity index (χ1n) is 6.56. The lowest BCUT2D eigenvalue weighted by atomic mass is 10.1. The molecule has 0 fully saturated rings. The van der Waals surface area contributed by atoms with Gasteiger partial charge in [0.15, 0.2) is 0 Å². The Kier molecular flexibility index (Phi) is 4.39. The topological polar surface area (TPSA) is 9.23 Å². The quantitative estimate of drug-likeness (QED) is 0.702. The third-order valence-electron chi connectivity index (χ3n) is 3.24. The van der Waals surface area contributed by atoms with Crippen molar-refractivity contribution in [1.82, 2.24) is 0 Å². The van der Waals surface area contributed by atoms with Gasteiger partial charge in [-0.05, 0) is 43.4 Å². The van der Waals surface area contributed by atoms with Crippen LogP contribution in [0, 0.1) is 6.92 Å². The Labute approximate surface area is 120 Å². The first-order valence-corrected chi connectivity index (χ1v) is 7.38. The number of thiophene rings is 1. The van der Waals surface area contributed by atoms with Crippen LogP contribution >= 0.6 is 11.3 Å². The molecular weight excluding hydrogens is 285 g/mol. The minimum atomic E-state index is -4.30. The first-order chi connectivity index (χ1) is 9.34. The van der Waals surface area contributed by atoms with E-state index in [0.717, 1.165) is 28.3 Å². The van der Waals surface area contributed by atoms with E-state index in [1.54, 1.807) is 6.07 Å². The summed E-state index contributed by atoms with van der Waals surface area (Å²) in [5.41, 5.74) is 0.419. The number of aryl methyl sites for hydroxylation is 1. The summed E-state index contributed by atoms with van der Waals surface area (Å²) in [7, 11) is 0. The van der Waals surface area contributed by atoms with Gasteiger partial charge in [0, 0.05) is 16.2 Å². The molecule has 5 heteroatoms. The molecule has 1 heterocycles.